The number of ketones is 5. The van der Waals surface area contributed by atoms with E-state index in [0.29, 0.717) is 383 Å². The molecule has 12 N–H and O–H groups in total. The number of carbonyl (C=O) groups excluding carboxylic acids is 7. The Hall–Kier alpha value is -6.16. The number of amides is 2. The van der Waals surface area contributed by atoms with Crippen LogP contribution in [0.4, 0.5) is 0 Å². The number of ether oxygens (including phenoxy) is 18. The van der Waals surface area contributed by atoms with Crippen LogP contribution in [0.2, 0.25) is 0 Å². The summed E-state index contributed by atoms with van der Waals surface area (Å²) in [6.07, 6.45) is 22.2. The number of aryl methyl sites for hydroxylation is 2. The second-order valence-corrected chi connectivity index (χ2v) is 41.9. The van der Waals surface area contributed by atoms with Crippen LogP contribution in [-0.2, 0) is 145 Å². The number of hydrogen-bond acceptors (Lipinski definition) is 36. The van der Waals surface area contributed by atoms with Crippen LogP contribution in [0.1, 0.15) is 288 Å². The molecule has 4 heterocycles. The summed E-state index contributed by atoms with van der Waals surface area (Å²) in [5.74, 6) is 3.55. The zero-order chi connectivity index (χ0) is 109. The molecule has 7 unspecified atom stereocenters. The van der Waals surface area contributed by atoms with Crippen LogP contribution in [-0.4, -0.2) is 322 Å². The molecule has 150 heavy (non-hydrogen) atoms. The van der Waals surface area contributed by atoms with Crippen molar-refractivity contribution < 1.29 is 137 Å². The summed E-state index contributed by atoms with van der Waals surface area (Å²) in [6, 6.07) is 0. The van der Waals surface area contributed by atoms with Crippen molar-refractivity contribution in [2.75, 3.05) is 218 Å². The van der Waals surface area contributed by atoms with Crippen LogP contribution in [0.3, 0.4) is 0 Å². The molecule has 41 heteroatoms. The molecular formula is C109H200N11O29P. The third-order valence-corrected chi connectivity index (χ3v) is 29.3. The van der Waals surface area contributed by atoms with Gasteiger partial charge in [-0.15, -0.1) is 5.10 Å². The molecule has 1 aromatic heterocycles. The molecule has 1 aromatic rings. The van der Waals surface area contributed by atoms with Gasteiger partial charge in [-0.25, -0.2) is 4.57 Å². The van der Waals surface area contributed by atoms with Gasteiger partial charge in [0.25, 0.3) is 0 Å². The van der Waals surface area contributed by atoms with Crippen molar-refractivity contribution >= 4 is 48.6 Å². The van der Waals surface area contributed by atoms with Crippen LogP contribution in [0, 0.1) is 53.3 Å². The Balaban J connectivity index is 1.22. The third kappa shape index (κ3) is 65.1. The molecule has 40 nitrogen and oxygen atoms in total. The lowest BCUT2D eigenvalue weighted by Gasteiger charge is -2.43. The number of nitrogens with one attached hydrogen (secondary N) is 5. The van der Waals surface area contributed by atoms with E-state index < -0.39 is 13.4 Å². The maximum absolute atomic E-state index is 14.2. The maximum atomic E-state index is 14.2. The first kappa shape index (κ1) is 136. The molecule has 3 aliphatic rings. The SMILES string of the molecule is CCC1O[C@H](OCCOCCOCCOCCN/C=C(\N)CCC(=O)CCCCCC(=O)CCOCC(COCCC(=O)CCCCCC(=O)CC/C(N)=C/NCCOCCOCCOCCO[C@H]2OC(CC)[C@@H](C)[C@H](C)C2C)(COCCC(=O)NCCCCC(=O)CC/C(N)=C/NCCOCCOCCOCCO[C@H]2OC(CC)[C@@H](C)[C@H](C)C2C)NC(=O)CCCCCn2cc(CCCCOP(=O)(O)OC)nn2)C(C)[C@@H](C)[C@@H]1C. The monoisotopic (exact) mass is 2160 g/mol. The predicted octanol–water partition coefficient (Wildman–Crippen LogP) is 12.9. The van der Waals surface area contributed by atoms with Crippen molar-refractivity contribution in [2.45, 2.75) is 338 Å². The Kier molecular flexibility index (Phi) is 78.0. The van der Waals surface area contributed by atoms with Gasteiger partial charge in [0.15, 0.2) is 18.9 Å². The molecule has 870 valence electrons. The highest BCUT2D eigenvalue weighted by Gasteiger charge is 2.42. The van der Waals surface area contributed by atoms with Crippen LogP contribution in [0.15, 0.2) is 41.9 Å². The molecule has 0 bridgehead atoms. The zero-order valence-corrected chi connectivity index (χ0v) is 94.7. The van der Waals surface area contributed by atoms with Crippen LogP contribution < -0.4 is 43.8 Å². The average Bonchev–Trinajstić information content (AvgIpc) is 0.901. The highest BCUT2D eigenvalue weighted by atomic mass is 31.2. The van der Waals surface area contributed by atoms with E-state index in [4.69, 9.17) is 107 Å². The van der Waals surface area contributed by atoms with Crippen molar-refractivity contribution in [1.82, 2.24) is 41.6 Å². The van der Waals surface area contributed by atoms with E-state index in [1.165, 1.54) is 0 Å². The van der Waals surface area contributed by atoms with Gasteiger partial charge in [0, 0.05) is 177 Å². The molecule has 2 amide bonds. The quantitative estimate of drug-likeness (QED) is 0.0216. The fourth-order valence-electron chi connectivity index (χ4n) is 17.7. The Labute approximate surface area is 897 Å². The first-order valence-electron chi connectivity index (χ1n) is 56.3. The van der Waals surface area contributed by atoms with E-state index >= 15 is 0 Å². The van der Waals surface area contributed by atoms with Crippen molar-refractivity contribution in [1.29, 1.82) is 0 Å². The van der Waals surface area contributed by atoms with Gasteiger partial charge in [-0.2, -0.15) is 0 Å². The van der Waals surface area contributed by atoms with Gasteiger partial charge in [0.05, 0.1) is 209 Å². The Morgan fingerprint density at radius 3 is 1.05 bits per heavy atom. The van der Waals surface area contributed by atoms with Gasteiger partial charge < -0.3 is 134 Å². The summed E-state index contributed by atoms with van der Waals surface area (Å²) in [5, 5.41) is 24.0. The topological polar surface area (TPSA) is 510 Å². The maximum Gasteiger partial charge on any atom is 0.471 e. The van der Waals surface area contributed by atoms with Crippen LogP contribution >= 0.6 is 7.82 Å². The number of phosphoric ester groups is 1. The molecule has 0 saturated carbocycles. The standard InChI is InChI=1S/C109H200N11O29P/c1-14-101-86(7)83(4)89(10)106(147-101)143-73-70-137-67-64-134-61-58-131-55-47-113-76-92(110)37-40-96(121)31-20-17-22-33-99(124)43-52-140-80-109(117-105(127)36-24-19-28-50-120-79-95(118-119-120)30-26-29-51-146-150(128,129)130-13,81-141-53-44-100(125)34-23-18-21-32-97(122)41-38-93(111)77-114-48-56-132-59-62-135-65-68-138-71-74-144-107-90(11)84(5)87(8)102(15-2)148-107)82-142-54-45-104(126)116-46-27-25-35-98(123)42-39-94(112)78-115-49-57-133-60-63-136-66-69-139-72-75-145-108-91(12)85(6)88(9)103(16-3)149-108/h76-79,83-91,101-103,106-108,113-115H,14-75,80-82,110-112H2,1-13H3,(H,116,126)(H,117,127)(H,128,129)/b92-76-,93-77-,94-78-/t83-,84-,85-,86-,87-,88-,89?,90?,91?,101?,102?,103?,106-,107-,108-,109?/m0/s1. The number of nitrogens with two attached hydrogens (primary N) is 3. The van der Waals surface area contributed by atoms with Crippen LogP contribution in [0.25, 0.3) is 0 Å². The summed E-state index contributed by atoms with van der Waals surface area (Å²) in [4.78, 5) is 102. The van der Waals surface area contributed by atoms with Gasteiger partial charge in [-0.05, 0) is 145 Å². The normalized spacial score (nSPS) is 22.1. The van der Waals surface area contributed by atoms with Gasteiger partial charge in [0.2, 0.25) is 11.8 Å². The summed E-state index contributed by atoms with van der Waals surface area (Å²) >= 11 is 0. The van der Waals surface area contributed by atoms with Crippen molar-refractivity contribution in [3.05, 3.63) is 47.6 Å². The highest BCUT2D eigenvalue weighted by molar-refractivity contribution is 7.47. The minimum absolute atomic E-state index is 0.00760. The molecule has 3 aliphatic heterocycles. The average molecular weight is 2160 g/mol. The summed E-state index contributed by atoms with van der Waals surface area (Å²) in [6.45, 7) is 38.0. The van der Waals surface area contributed by atoms with Crippen molar-refractivity contribution in [3.63, 3.8) is 0 Å². The smallest absolute Gasteiger partial charge is 0.401 e. The largest absolute Gasteiger partial charge is 0.471 e. The van der Waals surface area contributed by atoms with Gasteiger partial charge in [0.1, 0.15) is 34.5 Å². The van der Waals surface area contributed by atoms with E-state index in [1.807, 2.05) is 6.20 Å². The van der Waals surface area contributed by atoms with Gasteiger partial charge in [-0.3, -0.25) is 47.3 Å². The van der Waals surface area contributed by atoms with Gasteiger partial charge >= 0.3 is 7.82 Å². The number of hydrogen-bond donors (Lipinski definition) is 9. The van der Waals surface area contributed by atoms with E-state index in [2.05, 4.69) is 125 Å². The van der Waals surface area contributed by atoms with E-state index in [9.17, 15) is 43.0 Å². The fraction of sp³-hybridized carbons (Fsp3) is 0.862. The summed E-state index contributed by atoms with van der Waals surface area (Å²) in [7, 11) is -2.95. The van der Waals surface area contributed by atoms with E-state index in [-0.39, 0.29) is 169 Å². The number of Topliss-reactive ketones (excluding diaryl/α,β-unsaturated/α-hetero) is 5. The fourth-order valence-corrected chi connectivity index (χ4v) is 18.2. The summed E-state index contributed by atoms with van der Waals surface area (Å²) in [5.41, 5.74) is 19.7. The Morgan fingerprint density at radius 1 is 0.360 bits per heavy atom. The first-order valence-corrected chi connectivity index (χ1v) is 57.8. The lowest BCUT2D eigenvalue weighted by atomic mass is 9.78. The second-order valence-electron chi connectivity index (χ2n) is 40.3. The molecule has 3 fully saturated rings. The number of phosphoric acid groups is 1. The molecule has 0 spiro atoms. The highest BCUT2D eigenvalue weighted by Crippen LogP contribution is 2.43. The van der Waals surface area contributed by atoms with Gasteiger partial charge in [-0.1, -0.05) is 108 Å². The lowest BCUT2D eigenvalue weighted by Crippen LogP contribution is -2.58. The Morgan fingerprint density at radius 2 is 0.687 bits per heavy atom. The number of allylic oxidation sites excluding steroid dienone is 3. The molecule has 16 atom stereocenters. The molecule has 0 aromatic carbocycles. The minimum atomic E-state index is -4.06. The summed E-state index contributed by atoms with van der Waals surface area (Å²) < 4.78 is 129. The second kappa shape index (κ2) is 86.0. The number of carbonyl (C=O) groups is 7. The minimum Gasteiger partial charge on any atom is -0.401 e. The predicted molar refractivity (Wildman–Crippen MR) is 573 cm³/mol. The van der Waals surface area contributed by atoms with E-state index in [1.54, 1.807) is 23.3 Å². The van der Waals surface area contributed by atoms with Crippen molar-refractivity contribution in [2.24, 2.45) is 70.5 Å². The number of aromatic nitrogens is 3. The number of unbranched alkanes of at least 4 members (excludes halogenated alkanes) is 8. The lowest BCUT2D eigenvalue weighted by molar-refractivity contribution is -0.251. The number of rotatable bonds is 100. The molecule has 3 saturated heterocycles. The molecule has 0 radical (unpaired) electrons. The molecular weight excluding hydrogens is 1960 g/mol. The first-order chi connectivity index (χ1) is 72.4. The van der Waals surface area contributed by atoms with E-state index in [0.717, 1.165) is 32.1 Å². The Bertz CT molecular complexity index is 3520. The molecule has 4 rings (SSSR count). The van der Waals surface area contributed by atoms with Crippen LogP contribution in [0.5, 0.6) is 0 Å². The third-order valence-electron chi connectivity index (χ3n) is 28.3. The zero-order valence-electron chi connectivity index (χ0n) is 93.8. The van der Waals surface area contributed by atoms with Crippen molar-refractivity contribution in [3.8, 4) is 0 Å². The molecule has 0 aliphatic carbocycles. The number of nitrogens with zero attached hydrogens (tertiary/aromatic N) is 3.